The van der Waals surface area contributed by atoms with Gasteiger partial charge in [-0.2, -0.15) is 0 Å². The molecule has 0 amide bonds. The smallest absolute Gasteiger partial charge is 0.219 e. The average Bonchev–Trinajstić information content (AvgIpc) is 2.15. The van der Waals surface area contributed by atoms with E-state index in [4.69, 9.17) is 11.6 Å². The third-order valence-corrected chi connectivity index (χ3v) is 4.17. The highest BCUT2D eigenvalue weighted by molar-refractivity contribution is 6.24. The van der Waals surface area contributed by atoms with Crippen molar-refractivity contribution in [3.8, 4) is 0 Å². The highest BCUT2D eigenvalue weighted by Crippen LogP contribution is 2.55. The molecule has 0 N–H and O–H groups in total. The third kappa shape index (κ3) is 2.27. The fraction of sp³-hybridized carbons (Fsp3) is 1.00. The van der Waals surface area contributed by atoms with Crippen LogP contribution in [0.4, 0.5) is 13.2 Å². The van der Waals surface area contributed by atoms with E-state index in [1.54, 1.807) is 13.8 Å². The summed E-state index contributed by atoms with van der Waals surface area (Å²) in [5.41, 5.74) is -1.21. The molecule has 0 saturated carbocycles. The molecule has 0 aromatic rings. The first-order valence-corrected chi connectivity index (χ1v) is 5.70. The zero-order chi connectivity index (χ0) is 12.5. The van der Waals surface area contributed by atoms with E-state index in [1.165, 1.54) is 20.8 Å². The lowest BCUT2D eigenvalue weighted by Crippen LogP contribution is -2.53. The molecule has 0 nitrogen and oxygen atoms in total. The standard InChI is InChI=1S/C11H20ClF3/c1-6-9(5,7-2)11(12,15)10(13,14)8(3)4/h8H,6-7H2,1-5H3. The van der Waals surface area contributed by atoms with Crippen molar-refractivity contribution in [1.82, 2.24) is 0 Å². The Balaban J connectivity index is 5.28. The van der Waals surface area contributed by atoms with E-state index in [9.17, 15) is 13.2 Å². The second kappa shape index (κ2) is 4.52. The summed E-state index contributed by atoms with van der Waals surface area (Å²) in [6, 6.07) is 0. The summed E-state index contributed by atoms with van der Waals surface area (Å²) in [6.45, 7) is 7.38. The van der Waals surface area contributed by atoms with E-state index in [0.29, 0.717) is 0 Å². The van der Waals surface area contributed by atoms with Gasteiger partial charge in [0.2, 0.25) is 0 Å². The van der Waals surface area contributed by atoms with Crippen molar-refractivity contribution in [2.75, 3.05) is 0 Å². The van der Waals surface area contributed by atoms with Gasteiger partial charge in [-0.1, -0.05) is 46.2 Å². The van der Waals surface area contributed by atoms with Crippen LogP contribution in [0, 0.1) is 11.3 Å². The SMILES string of the molecule is CCC(C)(CC)C(F)(Cl)C(F)(F)C(C)C. The normalized spacial score (nSPS) is 18.0. The number of halogens is 4. The highest BCUT2D eigenvalue weighted by Gasteiger charge is 2.63. The van der Waals surface area contributed by atoms with Crippen LogP contribution < -0.4 is 0 Å². The van der Waals surface area contributed by atoms with E-state index in [0.717, 1.165) is 0 Å². The zero-order valence-corrected chi connectivity index (χ0v) is 10.8. The van der Waals surface area contributed by atoms with Gasteiger partial charge in [-0.15, -0.1) is 0 Å². The Labute approximate surface area is 95.2 Å². The molecule has 0 aliphatic rings. The number of hydrogen-bond donors (Lipinski definition) is 0. The Hall–Kier alpha value is 0.0800. The first kappa shape index (κ1) is 15.1. The van der Waals surface area contributed by atoms with Gasteiger partial charge in [0, 0.05) is 11.3 Å². The topological polar surface area (TPSA) is 0 Å². The second-order valence-electron chi connectivity index (χ2n) is 4.62. The first-order valence-electron chi connectivity index (χ1n) is 5.32. The van der Waals surface area contributed by atoms with Gasteiger partial charge in [-0.3, -0.25) is 0 Å². The van der Waals surface area contributed by atoms with Gasteiger partial charge in [0.1, 0.15) is 0 Å². The van der Waals surface area contributed by atoms with Crippen LogP contribution in [-0.4, -0.2) is 11.1 Å². The van der Waals surface area contributed by atoms with Gasteiger partial charge in [0.25, 0.3) is 11.1 Å². The molecular weight excluding hydrogens is 225 g/mol. The highest BCUT2D eigenvalue weighted by atomic mass is 35.5. The maximum Gasteiger partial charge on any atom is 0.298 e. The summed E-state index contributed by atoms with van der Waals surface area (Å²) in [4.78, 5) is 0. The monoisotopic (exact) mass is 244 g/mol. The van der Waals surface area contributed by atoms with Crippen molar-refractivity contribution >= 4 is 11.6 Å². The lowest BCUT2D eigenvalue weighted by Gasteiger charge is -2.43. The minimum atomic E-state index is -3.52. The Morgan fingerprint density at radius 1 is 1.07 bits per heavy atom. The summed E-state index contributed by atoms with van der Waals surface area (Å²) in [6.07, 6.45) is 0.567. The van der Waals surface area contributed by atoms with Gasteiger partial charge in [0.05, 0.1) is 0 Å². The molecule has 0 aliphatic carbocycles. The van der Waals surface area contributed by atoms with E-state index in [2.05, 4.69) is 0 Å². The van der Waals surface area contributed by atoms with E-state index in [-0.39, 0.29) is 12.8 Å². The number of alkyl halides is 4. The van der Waals surface area contributed by atoms with Crippen LogP contribution in [0.25, 0.3) is 0 Å². The van der Waals surface area contributed by atoms with Gasteiger partial charge in [-0.05, 0) is 12.8 Å². The van der Waals surface area contributed by atoms with Crippen molar-refractivity contribution in [3.63, 3.8) is 0 Å². The maximum atomic E-state index is 14.2. The minimum Gasteiger partial charge on any atom is -0.219 e. The largest absolute Gasteiger partial charge is 0.298 e. The second-order valence-corrected chi connectivity index (χ2v) is 5.14. The summed E-state index contributed by atoms with van der Waals surface area (Å²) >= 11 is 5.51. The van der Waals surface area contributed by atoms with Crippen LogP contribution in [0.2, 0.25) is 0 Å². The summed E-state index contributed by atoms with van der Waals surface area (Å²) < 4.78 is 41.6. The molecule has 0 aromatic heterocycles. The van der Waals surface area contributed by atoms with Gasteiger partial charge >= 0.3 is 0 Å². The average molecular weight is 245 g/mol. The summed E-state index contributed by atoms with van der Waals surface area (Å²) in [7, 11) is 0. The first-order chi connectivity index (χ1) is 6.56. The third-order valence-electron chi connectivity index (χ3n) is 3.46. The molecule has 4 heteroatoms. The Morgan fingerprint density at radius 2 is 1.40 bits per heavy atom. The fourth-order valence-corrected chi connectivity index (χ4v) is 1.94. The molecule has 0 fully saturated rings. The van der Waals surface area contributed by atoms with Gasteiger partial charge in [-0.25, -0.2) is 13.2 Å². The maximum absolute atomic E-state index is 14.2. The quantitative estimate of drug-likeness (QED) is 0.597. The molecule has 0 saturated heterocycles. The number of rotatable bonds is 5. The predicted molar refractivity (Wildman–Crippen MR) is 58.2 cm³/mol. The molecule has 15 heavy (non-hydrogen) atoms. The molecule has 1 atom stereocenters. The predicted octanol–water partition coefficient (Wildman–Crippen LogP) is 5.01. The number of hydrogen-bond acceptors (Lipinski definition) is 0. The van der Waals surface area contributed by atoms with Gasteiger partial charge in [0.15, 0.2) is 0 Å². The lowest BCUT2D eigenvalue weighted by molar-refractivity contribution is -0.175. The molecule has 0 aromatic carbocycles. The molecule has 0 aliphatic heterocycles. The van der Waals surface area contributed by atoms with E-state index < -0.39 is 22.4 Å². The van der Waals surface area contributed by atoms with Crippen LogP contribution in [0.15, 0.2) is 0 Å². The van der Waals surface area contributed by atoms with E-state index in [1.807, 2.05) is 0 Å². The molecule has 0 heterocycles. The summed E-state index contributed by atoms with van der Waals surface area (Å²) in [5.74, 6) is -4.63. The van der Waals surface area contributed by atoms with Crippen molar-refractivity contribution in [3.05, 3.63) is 0 Å². The van der Waals surface area contributed by atoms with Crippen LogP contribution in [-0.2, 0) is 0 Å². The molecule has 0 spiro atoms. The van der Waals surface area contributed by atoms with Crippen molar-refractivity contribution in [2.45, 2.75) is 58.5 Å². The zero-order valence-electron chi connectivity index (χ0n) is 10.0. The van der Waals surface area contributed by atoms with Crippen LogP contribution in [0.5, 0.6) is 0 Å². The minimum absolute atomic E-state index is 0.284. The Kier molecular flexibility index (Phi) is 4.55. The van der Waals surface area contributed by atoms with Crippen LogP contribution >= 0.6 is 11.6 Å². The molecular formula is C11H20ClF3. The van der Waals surface area contributed by atoms with Crippen LogP contribution in [0.1, 0.15) is 47.5 Å². The van der Waals surface area contributed by atoms with Crippen molar-refractivity contribution in [1.29, 1.82) is 0 Å². The van der Waals surface area contributed by atoms with E-state index >= 15 is 0 Å². The Bertz CT molecular complexity index is 201. The lowest BCUT2D eigenvalue weighted by atomic mass is 9.75. The van der Waals surface area contributed by atoms with Crippen LogP contribution in [0.3, 0.4) is 0 Å². The van der Waals surface area contributed by atoms with Crippen molar-refractivity contribution < 1.29 is 13.2 Å². The molecule has 0 rings (SSSR count). The van der Waals surface area contributed by atoms with Crippen molar-refractivity contribution in [2.24, 2.45) is 11.3 Å². The fourth-order valence-electron chi connectivity index (χ4n) is 1.46. The van der Waals surface area contributed by atoms with Gasteiger partial charge < -0.3 is 0 Å². The molecule has 92 valence electrons. The Morgan fingerprint density at radius 3 is 1.60 bits per heavy atom. The molecule has 0 radical (unpaired) electrons. The summed E-state index contributed by atoms with van der Waals surface area (Å²) in [5, 5.41) is -2.99. The molecule has 1 unspecified atom stereocenters. The molecule has 0 bridgehead atoms.